The molecule has 0 heterocycles. The normalized spacial score (nSPS) is 30.2. The van der Waals surface area contributed by atoms with Gasteiger partial charge in [0, 0.05) is 11.0 Å². The number of esters is 1. The van der Waals surface area contributed by atoms with Gasteiger partial charge in [0.2, 0.25) is 0 Å². The number of carbonyl (C=O) groups excluding carboxylic acids is 1. The van der Waals surface area contributed by atoms with Crippen LogP contribution in [0.2, 0.25) is 0 Å². The molecule has 0 saturated heterocycles. The maximum Gasteiger partial charge on any atom is 0.309 e. The molecular weight excluding hydrogens is 335 g/mol. The van der Waals surface area contributed by atoms with E-state index < -0.39 is 0 Å². The first-order valence-electron chi connectivity index (χ1n) is 6.03. The smallest absolute Gasteiger partial charge is 0.309 e. The number of hydrogen-bond acceptors (Lipinski definition) is 4. The summed E-state index contributed by atoms with van der Waals surface area (Å²) in [4.78, 5) is 11.6. The largest absolute Gasteiger partial charge is 0.466 e. The van der Waals surface area contributed by atoms with E-state index in [1.807, 2.05) is 13.8 Å². The molecule has 0 aromatic rings. The molecule has 1 aliphatic rings. The van der Waals surface area contributed by atoms with Crippen molar-refractivity contribution in [3.63, 3.8) is 0 Å². The summed E-state index contributed by atoms with van der Waals surface area (Å²) in [6, 6.07) is 0. The Bertz CT molecular complexity index is 247. The minimum atomic E-state index is -0.0836. The van der Waals surface area contributed by atoms with Gasteiger partial charge < -0.3 is 14.2 Å². The number of rotatable bonds is 6. The second-order valence-corrected chi connectivity index (χ2v) is 5.98. The highest BCUT2D eigenvalue weighted by Gasteiger charge is 2.38. The average Bonchev–Trinajstić information content (AvgIpc) is 2.61. The lowest BCUT2D eigenvalue weighted by atomic mass is 10.1. The molecule has 1 fully saturated rings. The molecule has 0 aromatic heterocycles. The van der Waals surface area contributed by atoms with Crippen molar-refractivity contribution in [3.8, 4) is 0 Å². The molecule has 0 bridgehead atoms. The molecular formula is C12H21IO4. The average molecular weight is 356 g/mol. The second kappa shape index (κ2) is 7.53. The van der Waals surface area contributed by atoms with E-state index in [9.17, 15) is 4.79 Å². The third-order valence-electron chi connectivity index (χ3n) is 2.86. The summed E-state index contributed by atoms with van der Waals surface area (Å²) in [5.74, 6) is -0.0868. The summed E-state index contributed by atoms with van der Waals surface area (Å²) in [6.07, 6.45) is 1.82. The van der Waals surface area contributed by atoms with E-state index in [-0.39, 0.29) is 24.1 Å². The van der Waals surface area contributed by atoms with Crippen molar-refractivity contribution in [3.05, 3.63) is 0 Å². The lowest BCUT2D eigenvalue weighted by Gasteiger charge is -2.20. The summed E-state index contributed by atoms with van der Waals surface area (Å²) < 4.78 is 16.4. The lowest BCUT2D eigenvalue weighted by Crippen LogP contribution is -2.26. The fourth-order valence-electron chi connectivity index (χ4n) is 2.11. The first-order chi connectivity index (χ1) is 8.08. The van der Waals surface area contributed by atoms with Gasteiger partial charge in [-0.3, -0.25) is 4.79 Å². The van der Waals surface area contributed by atoms with Gasteiger partial charge in [-0.1, -0.05) is 22.6 Å². The summed E-state index contributed by atoms with van der Waals surface area (Å²) in [5, 5.41) is 0. The minimum absolute atomic E-state index is 0.00315. The van der Waals surface area contributed by atoms with Crippen LogP contribution in [0.3, 0.4) is 0 Å². The van der Waals surface area contributed by atoms with Crippen LogP contribution in [0.4, 0.5) is 0 Å². The molecule has 0 N–H and O–H groups in total. The Balaban J connectivity index is 2.41. The van der Waals surface area contributed by atoms with Crippen LogP contribution < -0.4 is 0 Å². The van der Waals surface area contributed by atoms with Crippen molar-refractivity contribution in [2.24, 2.45) is 5.92 Å². The molecule has 100 valence electrons. The molecule has 0 aliphatic heterocycles. The molecule has 4 nitrogen and oxygen atoms in total. The van der Waals surface area contributed by atoms with Crippen molar-refractivity contribution >= 4 is 28.6 Å². The predicted molar refractivity (Wildman–Crippen MR) is 73.4 cm³/mol. The summed E-state index contributed by atoms with van der Waals surface area (Å²) in [7, 11) is 1.66. The minimum Gasteiger partial charge on any atom is -0.466 e. The molecule has 1 aliphatic carbocycles. The maximum atomic E-state index is 11.6. The zero-order valence-corrected chi connectivity index (χ0v) is 12.8. The second-order valence-electron chi connectivity index (χ2n) is 4.38. The summed E-state index contributed by atoms with van der Waals surface area (Å²) in [5.41, 5.74) is 0. The van der Waals surface area contributed by atoms with E-state index in [1.165, 1.54) is 0 Å². The molecule has 5 heteroatoms. The quantitative estimate of drug-likeness (QED) is 0.416. The van der Waals surface area contributed by atoms with E-state index >= 15 is 0 Å². The van der Waals surface area contributed by atoms with Gasteiger partial charge in [0.15, 0.2) is 0 Å². The van der Waals surface area contributed by atoms with Crippen LogP contribution in [0.1, 0.15) is 26.7 Å². The number of hydrogen-bond donors (Lipinski definition) is 0. The molecule has 4 unspecified atom stereocenters. The molecule has 17 heavy (non-hydrogen) atoms. The van der Waals surface area contributed by atoms with Gasteiger partial charge >= 0.3 is 5.97 Å². The molecule has 0 aromatic carbocycles. The van der Waals surface area contributed by atoms with Crippen LogP contribution in [0, 0.1) is 5.92 Å². The number of alkyl halides is 1. The van der Waals surface area contributed by atoms with Gasteiger partial charge in [0.05, 0.1) is 31.3 Å². The maximum absolute atomic E-state index is 11.6. The first-order valence-corrected chi connectivity index (χ1v) is 7.28. The van der Waals surface area contributed by atoms with Gasteiger partial charge in [-0.2, -0.15) is 0 Å². The summed E-state index contributed by atoms with van der Waals surface area (Å²) in [6.45, 7) is 4.87. The van der Waals surface area contributed by atoms with Crippen LogP contribution in [-0.4, -0.2) is 42.4 Å². The van der Waals surface area contributed by atoms with Crippen LogP contribution in [0.15, 0.2) is 0 Å². The third-order valence-corrected chi connectivity index (χ3v) is 4.17. The van der Waals surface area contributed by atoms with Crippen LogP contribution in [-0.2, 0) is 19.0 Å². The van der Waals surface area contributed by atoms with Gasteiger partial charge in [0.1, 0.15) is 0 Å². The van der Waals surface area contributed by atoms with Gasteiger partial charge in [-0.25, -0.2) is 0 Å². The predicted octanol–water partition coefficient (Wildman–Crippen LogP) is 2.18. The Morgan fingerprint density at radius 3 is 2.76 bits per heavy atom. The van der Waals surface area contributed by atoms with E-state index in [0.29, 0.717) is 17.1 Å². The van der Waals surface area contributed by atoms with Crippen LogP contribution >= 0.6 is 22.6 Å². The highest BCUT2D eigenvalue weighted by Crippen LogP contribution is 2.35. The molecule has 4 atom stereocenters. The van der Waals surface area contributed by atoms with Gasteiger partial charge in [0.25, 0.3) is 0 Å². The third kappa shape index (κ3) is 4.71. The van der Waals surface area contributed by atoms with E-state index in [0.717, 1.165) is 12.8 Å². The SMILES string of the molecule is CCOC(=O)C1CC(I)C(OC(C)COC)C1. The summed E-state index contributed by atoms with van der Waals surface area (Å²) >= 11 is 2.36. The highest BCUT2D eigenvalue weighted by molar-refractivity contribution is 14.1. The highest BCUT2D eigenvalue weighted by atomic mass is 127. The molecule has 0 amide bonds. The first kappa shape index (κ1) is 15.2. The van der Waals surface area contributed by atoms with Gasteiger partial charge in [-0.05, 0) is 26.7 Å². The fourth-order valence-corrected chi connectivity index (χ4v) is 3.19. The van der Waals surface area contributed by atoms with Crippen molar-refractivity contribution in [1.29, 1.82) is 0 Å². The standard InChI is InChI=1S/C12H21IO4/c1-4-16-12(14)9-5-10(13)11(6-9)17-8(2)7-15-3/h8-11H,4-7H2,1-3H3. The molecule has 0 spiro atoms. The van der Waals surface area contributed by atoms with Crippen molar-refractivity contribution in [2.45, 2.75) is 42.8 Å². The number of methoxy groups -OCH3 is 1. The Labute approximate surface area is 117 Å². The molecule has 0 radical (unpaired) electrons. The van der Waals surface area contributed by atoms with E-state index in [4.69, 9.17) is 14.2 Å². The Morgan fingerprint density at radius 1 is 1.47 bits per heavy atom. The van der Waals surface area contributed by atoms with Crippen molar-refractivity contribution < 1.29 is 19.0 Å². The number of carbonyl (C=O) groups is 1. The van der Waals surface area contributed by atoms with E-state index in [1.54, 1.807) is 7.11 Å². The lowest BCUT2D eigenvalue weighted by molar-refractivity contribution is -0.148. The Kier molecular flexibility index (Phi) is 6.72. The number of halogens is 1. The topological polar surface area (TPSA) is 44.8 Å². The Morgan fingerprint density at radius 2 is 2.18 bits per heavy atom. The van der Waals surface area contributed by atoms with Crippen molar-refractivity contribution in [2.75, 3.05) is 20.3 Å². The monoisotopic (exact) mass is 356 g/mol. The number of ether oxygens (including phenoxy) is 3. The zero-order chi connectivity index (χ0) is 12.8. The van der Waals surface area contributed by atoms with Crippen molar-refractivity contribution in [1.82, 2.24) is 0 Å². The zero-order valence-electron chi connectivity index (χ0n) is 10.6. The van der Waals surface area contributed by atoms with E-state index in [2.05, 4.69) is 22.6 Å². The molecule has 1 saturated carbocycles. The fraction of sp³-hybridized carbons (Fsp3) is 0.917. The van der Waals surface area contributed by atoms with Crippen LogP contribution in [0.5, 0.6) is 0 Å². The van der Waals surface area contributed by atoms with Crippen LogP contribution in [0.25, 0.3) is 0 Å². The van der Waals surface area contributed by atoms with Gasteiger partial charge in [-0.15, -0.1) is 0 Å². The Hall–Kier alpha value is 0.120. The molecule has 1 rings (SSSR count).